The molecular weight excluding hydrogens is 432 g/mol. The number of anilines is 1. The Morgan fingerprint density at radius 1 is 0.941 bits per heavy atom. The SMILES string of the molecule is COc1ccc(C(=O)N(Cc2ccccc2)C2CC(=O)N(c3ccc(C)cc3)C2=O)cc1OC. The second-order valence-corrected chi connectivity index (χ2v) is 8.11. The first-order valence-corrected chi connectivity index (χ1v) is 10.9. The van der Waals surface area contributed by atoms with Crippen LogP contribution in [0.1, 0.15) is 27.9 Å². The van der Waals surface area contributed by atoms with Crippen LogP contribution in [0.25, 0.3) is 0 Å². The number of rotatable bonds is 7. The third-order valence-electron chi connectivity index (χ3n) is 5.88. The lowest BCUT2D eigenvalue weighted by Gasteiger charge is -2.28. The Morgan fingerprint density at radius 3 is 2.26 bits per heavy atom. The van der Waals surface area contributed by atoms with Crippen LogP contribution in [0.5, 0.6) is 11.5 Å². The molecule has 1 atom stereocenters. The molecule has 3 aromatic rings. The molecule has 7 nitrogen and oxygen atoms in total. The molecule has 0 aliphatic carbocycles. The van der Waals surface area contributed by atoms with E-state index in [9.17, 15) is 14.4 Å². The van der Waals surface area contributed by atoms with Crippen LogP contribution in [0.2, 0.25) is 0 Å². The summed E-state index contributed by atoms with van der Waals surface area (Å²) in [7, 11) is 3.01. The van der Waals surface area contributed by atoms with Crippen molar-refractivity contribution in [3.05, 3.63) is 89.5 Å². The Labute approximate surface area is 198 Å². The maximum Gasteiger partial charge on any atom is 0.257 e. The lowest BCUT2D eigenvalue weighted by atomic mass is 10.1. The van der Waals surface area contributed by atoms with E-state index in [1.807, 2.05) is 49.4 Å². The largest absolute Gasteiger partial charge is 0.493 e. The fraction of sp³-hybridized carbons (Fsp3) is 0.222. The Hall–Kier alpha value is -4.13. The third-order valence-corrected chi connectivity index (χ3v) is 5.88. The zero-order valence-electron chi connectivity index (χ0n) is 19.4. The molecule has 0 saturated carbocycles. The monoisotopic (exact) mass is 458 g/mol. The summed E-state index contributed by atoms with van der Waals surface area (Å²) in [5, 5.41) is 0. The van der Waals surface area contributed by atoms with E-state index in [1.54, 1.807) is 30.3 Å². The van der Waals surface area contributed by atoms with E-state index in [2.05, 4.69) is 0 Å². The molecule has 7 heteroatoms. The summed E-state index contributed by atoms with van der Waals surface area (Å²) in [5.41, 5.74) is 2.71. The predicted octanol–water partition coefficient (Wildman–Crippen LogP) is 3.99. The Balaban J connectivity index is 1.70. The molecule has 1 heterocycles. The first kappa shape index (κ1) is 23.0. The molecule has 0 spiro atoms. The van der Waals surface area contributed by atoms with E-state index >= 15 is 0 Å². The van der Waals surface area contributed by atoms with E-state index in [0.717, 1.165) is 11.1 Å². The zero-order chi connectivity index (χ0) is 24.2. The van der Waals surface area contributed by atoms with Crippen molar-refractivity contribution in [2.45, 2.75) is 25.9 Å². The molecule has 34 heavy (non-hydrogen) atoms. The van der Waals surface area contributed by atoms with Crippen LogP contribution in [0.4, 0.5) is 5.69 Å². The number of hydrogen-bond acceptors (Lipinski definition) is 5. The van der Waals surface area contributed by atoms with Gasteiger partial charge in [-0.05, 0) is 42.8 Å². The number of hydrogen-bond donors (Lipinski definition) is 0. The van der Waals surface area contributed by atoms with Gasteiger partial charge in [-0.1, -0.05) is 48.0 Å². The van der Waals surface area contributed by atoms with Crippen molar-refractivity contribution in [3.8, 4) is 11.5 Å². The normalized spacial score (nSPS) is 15.4. The van der Waals surface area contributed by atoms with Crippen LogP contribution in [0.15, 0.2) is 72.8 Å². The number of benzene rings is 3. The molecule has 1 aliphatic rings. The van der Waals surface area contributed by atoms with Crippen LogP contribution in [0.3, 0.4) is 0 Å². The van der Waals surface area contributed by atoms with Crippen molar-refractivity contribution in [2.75, 3.05) is 19.1 Å². The van der Waals surface area contributed by atoms with Crippen molar-refractivity contribution < 1.29 is 23.9 Å². The molecule has 0 aromatic heterocycles. The minimum absolute atomic E-state index is 0.0847. The van der Waals surface area contributed by atoms with Gasteiger partial charge in [-0.25, -0.2) is 4.90 Å². The van der Waals surface area contributed by atoms with Crippen LogP contribution in [-0.2, 0) is 16.1 Å². The van der Waals surface area contributed by atoms with Gasteiger partial charge in [-0.3, -0.25) is 14.4 Å². The number of aryl methyl sites for hydroxylation is 1. The van der Waals surface area contributed by atoms with Gasteiger partial charge in [0, 0.05) is 12.1 Å². The molecule has 174 valence electrons. The molecular formula is C27H26N2O5. The summed E-state index contributed by atoms with van der Waals surface area (Å²) < 4.78 is 10.6. The lowest BCUT2D eigenvalue weighted by molar-refractivity contribution is -0.122. The smallest absolute Gasteiger partial charge is 0.257 e. The first-order chi connectivity index (χ1) is 16.4. The molecule has 0 bridgehead atoms. The van der Waals surface area contributed by atoms with E-state index in [1.165, 1.54) is 24.0 Å². The molecule has 3 aromatic carbocycles. The van der Waals surface area contributed by atoms with Crippen molar-refractivity contribution in [1.82, 2.24) is 4.90 Å². The topological polar surface area (TPSA) is 76.2 Å². The van der Waals surface area contributed by atoms with Gasteiger partial charge in [0.05, 0.1) is 26.3 Å². The number of ether oxygens (including phenoxy) is 2. The fourth-order valence-electron chi connectivity index (χ4n) is 4.06. The van der Waals surface area contributed by atoms with Gasteiger partial charge in [0.25, 0.3) is 11.8 Å². The number of carbonyl (C=O) groups is 3. The minimum Gasteiger partial charge on any atom is -0.493 e. The predicted molar refractivity (Wildman–Crippen MR) is 128 cm³/mol. The molecule has 0 radical (unpaired) electrons. The molecule has 1 aliphatic heterocycles. The molecule has 4 rings (SSSR count). The lowest BCUT2D eigenvalue weighted by Crippen LogP contribution is -2.45. The average Bonchev–Trinajstić information content (AvgIpc) is 3.16. The van der Waals surface area contributed by atoms with Gasteiger partial charge >= 0.3 is 0 Å². The van der Waals surface area contributed by atoms with E-state index in [4.69, 9.17) is 9.47 Å². The summed E-state index contributed by atoms with van der Waals surface area (Å²) in [6.45, 7) is 2.11. The highest BCUT2D eigenvalue weighted by atomic mass is 16.5. The maximum atomic E-state index is 13.7. The third kappa shape index (κ3) is 4.50. The van der Waals surface area contributed by atoms with Crippen molar-refractivity contribution in [1.29, 1.82) is 0 Å². The van der Waals surface area contributed by atoms with Crippen LogP contribution >= 0.6 is 0 Å². The highest BCUT2D eigenvalue weighted by molar-refractivity contribution is 6.23. The molecule has 1 unspecified atom stereocenters. The number of amides is 3. The standard InChI is InChI=1S/C27H26N2O5/c1-18-9-12-21(13-10-18)29-25(30)16-22(27(29)32)28(17-19-7-5-4-6-8-19)26(31)20-11-14-23(33-2)24(15-20)34-3/h4-15,22H,16-17H2,1-3H3. The minimum atomic E-state index is -0.922. The number of carbonyl (C=O) groups excluding carboxylic acids is 3. The van der Waals surface area contributed by atoms with Crippen molar-refractivity contribution >= 4 is 23.4 Å². The Kier molecular flexibility index (Phi) is 6.63. The first-order valence-electron chi connectivity index (χ1n) is 10.9. The van der Waals surface area contributed by atoms with Crippen LogP contribution < -0.4 is 14.4 Å². The average molecular weight is 459 g/mol. The molecule has 1 fully saturated rings. The highest BCUT2D eigenvalue weighted by Crippen LogP contribution is 2.31. The van der Waals surface area contributed by atoms with Gasteiger partial charge in [0.15, 0.2) is 11.5 Å². The molecule has 3 amide bonds. The van der Waals surface area contributed by atoms with E-state index in [0.29, 0.717) is 22.7 Å². The second-order valence-electron chi connectivity index (χ2n) is 8.11. The highest BCUT2D eigenvalue weighted by Gasteiger charge is 2.44. The van der Waals surface area contributed by atoms with Gasteiger partial charge in [-0.15, -0.1) is 0 Å². The molecule has 1 saturated heterocycles. The van der Waals surface area contributed by atoms with E-state index in [-0.39, 0.29) is 24.8 Å². The van der Waals surface area contributed by atoms with Gasteiger partial charge in [0.2, 0.25) is 5.91 Å². The quantitative estimate of drug-likeness (QED) is 0.501. The summed E-state index contributed by atoms with van der Waals surface area (Å²) in [6, 6.07) is 20.5. The fourth-order valence-corrected chi connectivity index (χ4v) is 4.06. The second kappa shape index (κ2) is 9.79. The van der Waals surface area contributed by atoms with Crippen molar-refractivity contribution in [2.24, 2.45) is 0 Å². The summed E-state index contributed by atoms with van der Waals surface area (Å²) in [6.07, 6.45) is -0.0847. The summed E-state index contributed by atoms with van der Waals surface area (Å²) in [4.78, 5) is 42.7. The Bertz CT molecular complexity index is 1210. The summed E-state index contributed by atoms with van der Waals surface area (Å²) >= 11 is 0. The zero-order valence-corrected chi connectivity index (χ0v) is 19.4. The number of imide groups is 1. The Morgan fingerprint density at radius 2 is 1.62 bits per heavy atom. The maximum absolute atomic E-state index is 13.7. The van der Waals surface area contributed by atoms with Gasteiger partial charge in [0.1, 0.15) is 6.04 Å². The van der Waals surface area contributed by atoms with E-state index < -0.39 is 11.9 Å². The van der Waals surface area contributed by atoms with Gasteiger partial charge in [-0.2, -0.15) is 0 Å². The van der Waals surface area contributed by atoms with Crippen LogP contribution in [0, 0.1) is 6.92 Å². The summed E-state index contributed by atoms with van der Waals surface area (Å²) in [5.74, 6) is -0.230. The van der Waals surface area contributed by atoms with Gasteiger partial charge < -0.3 is 14.4 Å². The molecule has 0 N–H and O–H groups in total. The van der Waals surface area contributed by atoms with Crippen LogP contribution in [-0.4, -0.2) is 42.9 Å². The number of methoxy groups -OCH3 is 2. The number of nitrogens with zero attached hydrogens (tertiary/aromatic N) is 2. The van der Waals surface area contributed by atoms with Crippen molar-refractivity contribution in [3.63, 3.8) is 0 Å².